The van der Waals surface area contributed by atoms with Crippen LogP contribution in [-0.4, -0.2) is 13.0 Å². The number of carbonyl (C=O) groups is 1. The third-order valence-corrected chi connectivity index (χ3v) is 2.64. The minimum Gasteiger partial charge on any atom is -0.359 e. The lowest BCUT2D eigenvalue weighted by Gasteiger charge is -1.93. The van der Waals surface area contributed by atoms with E-state index in [0.717, 1.165) is 6.42 Å². The van der Waals surface area contributed by atoms with E-state index in [4.69, 9.17) is 0 Å². The number of amides is 1. The monoisotopic (exact) mass is 125 g/mol. The summed E-state index contributed by atoms with van der Waals surface area (Å²) in [5, 5.41) is 2.68. The molecule has 0 heterocycles. The molecule has 1 amide bonds. The second-order valence-electron chi connectivity index (χ2n) is 3.23. The average Bonchev–Trinajstić information content (AvgIpc) is 2.74. The summed E-state index contributed by atoms with van der Waals surface area (Å²) in [6.45, 7) is 0. The van der Waals surface area contributed by atoms with Crippen molar-refractivity contribution in [2.45, 2.75) is 19.3 Å². The minimum atomic E-state index is 0.257. The van der Waals surface area contributed by atoms with Gasteiger partial charge in [0, 0.05) is 13.0 Å². The van der Waals surface area contributed by atoms with Gasteiger partial charge in [0.1, 0.15) is 0 Å². The van der Waals surface area contributed by atoms with E-state index in [1.165, 1.54) is 12.8 Å². The molecule has 2 saturated carbocycles. The quantitative estimate of drug-likeness (QED) is 0.544. The second kappa shape index (κ2) is 1.31. The van der Waals surface area contributed by atoms with Crippen LogP contribution in [0.15, 0.2) is 0 Å². The Labute approximate surface area is 54.6 Å². The van der Waals surface area contributed by atoms with Crippen LogP contribution >= 0.6 is 0 Å². The summed E-state index contributed by atoms with van der Waals surface area (Å²) in [6.07, 6.45) is 3.75. The average molecular weight is 125 g/mol. The summed E-state index contributed by atoms with van der Waals surface area (Å²) in [5.74, 6) is 0.648. The van der Waals surface area contributed by atoms with E-state index in [2.05, 4.69) is 5.32 Å². The molecule has 0 radical (unpaired) electrons. The molecule has 0 aromatic rings. The normalized spacial score (nSPS) is 34.1. The standard InChI is InChI=1S/C7H11NO/c1-8-6(9)5-4-7(5)2-3-7/h5H,2-4H2,1H3,(H,8,9)/t5-/m0/s1. The van der Waals surface area contributed by atoms with Gasteiger partial charge >= 0.3 is 0 Å². The Hall–Kier alpha value is -0.530. The fourth-order valence-corrected chi connectivity index (χ4v) is 1.61. The highest BCUT2D eigenvalue weighted by Gasteiger charge is 2.65. The molecule has 2 aliphatic carbocycles. The summed E-state index contributed by atoms with van der Waals surface area (Å²) < 4.78 is 0. The molecule has 50 valence electrons. The molecule has 2 heteroatoms. The van der Waals surface area contributed by atoms with Crippen LogP contribution in [-0.2, 0) is 4.79 Å². The van der Waals surface area contributed by atoms with Crippen molar-refractivity contribution in [3.63, 3.8) is 0 Å². The topological polar surface area (TPSA) is 29.1 Å². The molecule has 2 nitrogen and oxygen atoms in total. The number of hydrogen-bond acceptors (Lipinski definition) is 1. The zero-order chi connectivity index (χ0) is 6.48. The highest BCUT2D eigenvalue weighted by molar-refractivity contribution is 5.83. The van der Waals surface area contributed by atoms with Crippen LogP contribution in [0.2, 0.25) is 0 Å². The molecule has 0 bridgehead atoms. The first-order valence-electron chi connectivity index (χ1n) is 3.50. The van der Waals surface area contributed by atoms with Crippen molar-refractivity contribution >= 4 is 5.91 Å². The smallest absolute Gasteiger partial charge is 0.223 e. The lowest BCUT2D eigenvalue weighted by molar-refractivity contribution is -0.122. The summed E-state index contributed by atoms with van der Waals surface area (Å²) in [4.78, 5) is 10.9. The van der Waals surface area contributed by atoms with Gasteiger partial charge in [0.2, 0.25) is 5.91 Å². The summed E-state index contributed by atoms with van der Waals surface area (Å²) in [7, 11) is 1.72. The summed E-state index contributed by atoms with van der Waals surface area (Å²) in [6, 6.07) is 0. The van der Waals surface area contributed by atoms with Gasteiger partial charge in [0.15, 0.2) is 0 Å². The van der Waals surface area contributed by atoms with E-state index >= 15 is 0 Å². The molecule has 1 atom stereocenters. The molecule has 2 aliphatic rings. The first-order valence-corrected chi connectivity index (χ1v) is 3.50. The van der Waals surface area contributed by atoms with Crippen LogP contribution in [0.5, 0.6) is 0 Å². The molecule has 2 rings (SSSR count). The van der Waals surface area contributed by atoms with E-state index in [0.29, 0.717) is 11.3 Å². The van der Waals surface area contributed by atoms with Crippen molar-refractivity contribution in [3.05, 3.63) is 0 Å². The van der Waals surface area contributed by atoms with Gasteiger partial charge in [0.05, 0.1) is 0 Å². The van der Waals surface area contributed by atoms with Gasteiger partial charge < -0.3 is 5.32 Å². The van der Waals surface area contributed by atoms with E-state index in [9.17, 15) is 4.79 Å². The Morgan fingerprint density at radius 2 is 2.33 bits per heavy atom. The van der Waals surface area contributed by atoms with Gasteiger partial charge in [-0.2, -0.15) is 0 Å². The van der Waals surface area contributed by atoms with Gasteiger partial charge in [-0.05, 0) is 24.7 Å². The molecular formula is C7H11NO. The maximum Gasteiger partial charge on any atom is 0.223 e. The first-order chi connectivity index (χ1) is 4.28. The van der Waals surface area contributed by atoms with Crippen molar-refractivity contribution < 1.29 is 4.79 Å². The molecule has 0 aromatic heterocycles. The Kier molecular flexibility index (Phi) is 0.765. The van der Waals surface area contributed by atoms with Crippen molar-refractivity contribution in [1.29, 1.82) is 0 Å². The maximum absolute atomic E-state index is 10.9. The highest BCUT2D eigenvalue weighted by atomic mass is 16.2. The predicted octanol–water partition coefficient (Wildman–Crippen LogP) is 0.532. The van der Waals surface area contributed by atoms with Crippen molar-refractivity contribution in [2.24, 2.45) is 11.3 Å². The lowest BCUT2D eigenvalue weighted by Crippen LogP contribution is -2.20. The van der Waals surface area contributed by atoms with Crippen molar-refractivity contribution in [3.8, 4) is 0 Å². The van der Waals surface area contributed by atoms with Crippen LogP contribution in [0.25, 0.3) is 0 Å². The maximum atomic E-state index is 10.9. The molecule has 9 heavy (non-hydrogen) atoms. The third-order valence-electron chi connectivity index (χ3n) is 2.64. The zero-order valence-corrected chi connectivity index (χ0v) is 5.61. The largest absolute Gasteiger partial charge is 0.359 e. The number of nitrogens with one attached hydrogen (secondary N) is 1. The van der Waals surface area contributed by atoms with Crippen molar-refractivity contribution in [1.82, 2.24) is 5.32 Å². The van der Waals surface area contributed by atoms with Gasteiger partial charge in [-0.25, -0.2) is 0 Å². The van der Waals surface area contributed by atoms with E-state index < -0.39 is 0 Å². The van der Waals surface area contributed by atoms with E-state index in [1.807, 2.05) is 0 Å². The minimum absolute atomic E-state index is 0.257. The Bertz CT molecular complexity index is 160. The van der Waals surface area contributed by atoms with Crippen LogP contribution in [0.3, 0.4) is 0 Å². The second-order valence-corrected chi connectivity index (χ2v) is 3.23. The molecule has 0 saturated heterocycles. The van der Waals surface area contributed by atoms with Gasteiger partial charge in [-0.3, -0.25) is 4.79 Å². The Balaban J connectivity index is 1.96. The summed E-state index contributed by atoms with van der Waals surface area (Å²) in [5.41, 5.74) is 0.528. The molecule has 0 aromatic carbocycles. The van der Waals surface area contributed by atoms with Crippen LogP contribution < -0.4 is 5.32 Å². The van der Waals surface area contributed by atoms with Crippen LogP contribution in [0.4, 0.5) is 0 Å². The lowest BCUT2D eigenvalue weighted by atomic mass is 10.3. The molecule has 1 spiro atoms. The van der Waals surface area contributed by atoms with Gasteiger partial charge in [-0.15, -0.1) is 0 Å². The fourth-order valence-electron chi connectivity index (χ4n) is 1.61. The Morgan fingerprint density at radius 3 is 2.67 bits per heavy atom. The first kappa shape index (κ1) is 5.27. The number of carbonyl (C=O) groups excluding carboxylic acids is 1. The van der Waals surface area contributed by atoms with E-state index in [1.54, 1.807) is 7.05 Å². The number of rotatable bonds is 1. The number of hydrogen-bond donors (Lipinski definition) is 1. The SMILES string of the molecule is CNC(=O)[C@@H]1CC12CC2. The molecule has 2 fully saturated rings. The van der Waals surface area contributed by atoms with Gasteiger partial charge in [0.25, 0.3) is 0 Å². The van der Waals surface area contributed by atoms with Gasteiger partial charge in [-0.1, -0.05) is 0 Å². The molecular weight excluding hydrogens is 114 g/mol. The third kappa shape index (κ3) is 0.590. The van der Waals surface area contributed by atoms with Crippen LogP contribution in [0.1, 0.15) is 19.3 Å². The zero-order valence-electron chi connectivity index (χ0n) is 5.61. The molecule has 0 aliphatic heterocycles. The highest BCUT2D eigenvalue weighted by Crippen LogP contribution is 2.70. The van der Waals surface area contributed by atoms with E-state index in [-0.39, 0.29) is 5.91 Å². The van der Waals surface area contributed by atoms with Crippen molar-refractivity contribution in [2.75, 3.05) is 7.05 Å². The molecule has 1 N–H and O–H groups in total. The summed E-state index contributed by atoms with van der Waals surface area (Å²) >= 11 is 0. The Morgan fingerprint density at radius 1 is 1.67 bits per heavy atom. The molecule has 0 unspecified atom stereocenters. The van der Waals surface area contributed by atoms with Crippen LogP contribution in [0, 0.1) is 11.3 Å². The fraction of sp³-hybridized carbons (Fsp3) is 0.857. The predicted molar refractivity (Wildman–Crippen MR) is 33.8 cm³/mol.